The average Bonchev–Trinajstić information content (AvgIpc) is 2.73. The zero-order chi connectivity index (χ0) is 21.9. The van der Waals surface area contributed by atoms with Gasteiger partial charge < -0.3 is 18.9 Å². The lowest BCUT2D eigenvalue weighted by Crippen LogP contribution is -2.27. The van der Waals surface area contributed by atoms with Crippen molar-refractivity contribution in [2.24, 2.45) is 5.41 Å². The molecule has 0 unspecified atom stereocenters. The lowest BCUT2D eigenvalue weighted by Gasteiger charge is -2.20. The van der Waals surface area contributed by atoms with E-state index in [0.717, 1.165) is 11.6 Å². The van der Waals surface area contributed by atoms with E-state index in [1.54, 1.807) is 58.4 Å². The topological polar surface area (TPSA) is 88.1 Å². The molecule has 158 valence electrons. The summed E-state index contributed by atoms with van der Waals surface area (Å²) < 4.78 is 20.2. The van der Waals surface area contributed by atoms with E-state index in [0.29, 0.717) is 17.9 Å². The Hall–Kier alpha value is -3.09. The summed E-state index contributed by atoms with van der Waals surface area (Å²) in [6.45, 7) is 5.14. The van der Waals surface area contributed by atoms with Gasteiger partial charge in [-0.25, -0.2) is 4.79 Å². The minimum atomic E-state index is -1.01. The highest BCUT2D eigenvalue weighted by Gasteiger charge is 2.27. The maximum Gasteiger partial charge on any atom is 0.379 e. The number of hydrogen-bond donors (Lipinski definition) is 0. The summed E-state index contributed by atoms with van der Waals surface area (Å²) in [5.74, 6) is -0.919. The standard InChI is InChI=1S/C22H28O7/c1-6-22(2,3)21(25)29-14-13-28-20(24)18(23)10-8-7-9-16-11-12-17(26-4)15-19(16)27-5/h7-12,15H,6,13-14H2,1-5H3/b9-7+,10-8+. The number of ether oxygens (including phenoxy) is 4. The van der Waals surface area contributed by atoms with Crippen LogP contribution in [-0.2, 0) is 23.9 Å². The summed E-state index contributed by atoms with van der Waals surface area (Å²) in [5, 5.41) is 0. The Morgan fingerprint density at radius 3 is 2.31 bits per heavy atom. The molecule has 0 saturated heterocycles. The van der Waals surface area contributed by atoms with Crippen LogP contribution in [0.1, 0.15) is 32.8 Å². The fraction of sp³-hybridized carbons (Fsp3) is 0.409. The minimum Gasteiger partial charge on any atom is -0.497 e. The van der Waals surface area contributed by atoms with E-state index in [1.807, 2.05) is 6.92 Å². The SMILES string of the molecule is CCC(C)(C)C(=O)OCCOC(=O)C(=O)/C=C/C=C/c1ccc(OC)cc1OC. The van der Waals surface area contributed by atoms with Crippen LogP contribution in [0.4, 0.5) is 0 Å². The summed E-state index contributed by atoms with van der Waals surface area (Å²) in [4.78, 5) is 35.2. The number of esters is 2. The van der Waals surface area contributed by atoms with E-state index < -0.39 is 17.2 Å². The van der Waals surface area contributed by atoms with E-state index in [4.69, 9.17) is 18.9 Å². The van der Waals surface area contributed by atoms with Gasteiger partial charge in [0, 0.05) is 11.6 Å². The zero-order valence-corrected chi connectivity index (χ0v) is 17.5. The molecule has 1 aromatic carbocycles. The predicted molar refractivity (Wildman–Crippen MR) is 109 cm³/mol. The monoisotopic (exact) mass is 404 g/mol. The normalized spacial score (nSPS) is 11.5. The lowest BCUT2D eigenvalue weighted by molar-refractivity contribution is -0.160. The highest BCUT2D eigenvalue weighted by atomic mass is 16.6. The third-order valence-electron chi connectivity index (χ3n) is 4.26. The molecule has 7 nitrogen and oxygen atoms in total. The van der Waals surface area contributed by atoms with Crippen LogP contribution >= 0.6 is 0 Å². The number of carbonyl (C=O) groups excluding carboxylic acids is 3. The largest absolute Gasteiger partial charge is 0.497 e. The van der Waals surface area contributed by atoms with E-state index in [9.17, 15) is 14.4 Å². The Bertz CT molecular complexity index is 775. The molecule has 0 aliphatic heterocycles. The summed E-state index contributed by atoms with van der Waals surface area (Å²) in [5.41, 5.74) is 0.186. The van der Waals surface area contributed by atoms with Crippen LogP contribution < -0.4 is 9.47 Å². The van der Waals surface area contributed by atoms with Gasteiger partial charge in [0.25, 0.3) is 5.78 Å². The predicted octanol–water partition coefficient (Wildman–Crippen LogP) is 3.36. The number of methoxy groups -OCH3 is 2. The van der Waals surface area contributed by atoms with Crippen LogP contribution in [0, 0.1) is 5.41 Å². The van der Waals surface area contributed by atoms with Gasteiger partial charge in [-0.2, -0.15) is 0 Å². The quantitative estimate of drug-likeness (QED) is 0.184. The molecule has 0 bridgehead atoms. The van der Waals surface area contributed by atoms with Crippen LogP contribution in [0.25, 0.3) is 6.08 Å². The molecule has 0 atom stereocenters. The van der Waals surface area contributed by atoms with Crippen LogP contribution in [0.2, 0.25) is 0 Å². The van der Waals surface area contributed by atoms with Crippen LogP contribution in [-0.4, -0.2) is 45.2 Å². The van der Waals surface area contributed by atoms with Crippen molar-refractivity contribution in [2.75, 3.05) is 27.4 Å². The Morgan fingerprint density at radius 2 is 1.69 bits per heavy atom. The van der Waals surface area contributed by atoms with E-state index in [1.165, 1.54) is 6.08 Å². The number of carbonyl (C=O) groups is 3. The number of rotatable bonds is 11. The van der Waals surface area contributed by atoms with Gasteiger partial charge in [-0.15, -0.1) is 0 Å². The zero-order valence-electron chi connectivity index (χ0n) is 17.5. The summed E-state index contributed by atoms with van der Waals surface area (Å²) in [7, 11) is 3.11. The van der Waals surface area contributed by atoms with Gasteiger partial charge in [0.1, 0.15) is 24.7 Å². The third-order valence-corrected chi connectivity index (χ3v) is 4.26. The molecule has 0 radical (unpaired) electrons. The van der Waals surface area contributed by atoms with E-state index in [2.05, 4.69) is 0 Å². The molecule has 0 N–H and O–H groups in total. The molecule has 0 aromatic heterocycles. The average molecular weight is 404 g/mol. The highest BCUT2D eigenvalue weighted by molar-refractivity contribution is 6.38. The van der Waals surface area contributed by atoms with Crippen LogP contribution in [0.5, 0.6) is 11.5 Å². The van der Waals surface area contributed by atoms with Crippen molar-refractivity contribution in [1.82, 2.24) is 0 Å². The maximum atomic E-state index is 11.8. The fourth-order valence-electron chi connectivity index (χ4n) is 2.01. The molecule has 0 aliphatic carbocycles. The molecule has 1 rings (SSSR count). The van der Waals surface area contributed by atoms with Gasteiger partial charge in [0.15, 0.2) is 0 Å². The van der Waals surface area contributed by atoms with E-state index >= 15 is 0 Å². The summed E-state index contributed by atoms with van der Waals surface area (Å²) in [6.07, 6.45) is 6.48. The highest BCUT2D eigenvalue weighted by Crippen LogP contribution is 2.25. The Balaban J connectivity index is 2.47. The van der Waals surface area contributed by atoms with Crippen LogP contribution in [0.15, 0.2) is 36.4 Å². The Morgan fingerprint density at radius 1 is 1.00 bits per heavy atom. The first kappa shape index (κ1) is 23.9. The van der Waals surface area contributed by atoms with Gasteiger partial charge in [-0.1, -0.05) is 25.2 Å². The van der Waals surface area contributed by atoms with Crippen molar-refractivity contribution in [1.29, 1.82) is 0 Å². The maximum absolute atomic E-state index is 11.8. The number of benzene rings is 1. The molecular weight excluding hydrogens is 376 g/mol. The van der Waals surface area contributed by atoms with Gasteiger partial charge >= 0.3 is 11.9 Å². The van der Waals surface area contributed by atoms with Gasteiger partial charge in [0.2, 0.25) is 0 Å². The molecular formula is C22H28O7. The first-order valence-corrected chi connectivity index (χ1v) is 9.20. The molecule has 0 saturated carbocycles. The molecule has 0 amide bonds. The van der Waals surface area contributed by atoms with Crippen molar-refractivity contribution in [2.45, 2.75) is 27.2 Å². The second-order valence-electron chi connectivity index (χ2n) is 6.70. The Labute approximate surface area is 171 Å². The first-order valence-electron chi connectivity index (χ1n) is 9.20. The number of ketones is 1. The number of allylic oxidation sites excluding steroid dienone is 2. The molecule has 0 heterocycles. The third kappa shape index (κ3) is 7.81. The first-order chi connectivity index (χ1) is 13.7. The van der Waals surface area contributed by atoms with Crippen molar-refractivity contribution >= 4 is 23.8 Å². The van der Waals surface area contributed by atoms with Crippen molar-refractivity contribution < 1.29 is 33.3 Å². The molecule has 29 heavy (non-hydrogen) atoms. The second-order valence-corrected chi connectivity index (χ2v) is 6.70. The fourth-order valence-corrected chi connectivity index (χ4v) is 2.01. The van der Waals surface area contributed by atoms with Gasteiger partial charge in [-0.3, -0.25) is 9.59 Å². The smallest absolute Gasteiger partial charge is 0.379 e. The molecule has 0 fully saturated rings. The molecule has 0 aliphatic rings. The molecule has 1 aromatic rings. The lowest BCUT2D eigenvalue weighted by atomic mass is 9.91. The van der Waals surface area contributed by atoms with Crippen molar-refractivity contribution in [3.05, 3.63) is 42.0 Å². The van der Waals surface area contributed by atoms with Crippen molar-refractivity contribution in [3.63, 3.8) is 0 Å². The second kappa shape index (κ2) is 11.7. The van der Waals surface area contributed by atoms with Crippen LogP contribution in [0.3, 0.4) is 0 Å². The van der Waals surface area contributed by atoms with Gasteiger partial charge in [0.05, 0.1) is 19.6 Å². The summed E-state index contributed by atoms with van der Waals surface area (Å²) >= 11 is 0. The summed E-state index contributed by atoms with van der Waals surface area (Å²) in [6, 6.07) is 5.32. The van der Waals surface area contributed by atoms with Gasteiger partial charge in [-0.05, 0) is 38.5 Å². The number of hydrogen-bond acceptors (Lipinski definition) is 7. The molecule has 7 heteroatoms. The molecule has 0 spiro atoms. The Kier molecular flexibility index (Phi) is 9.65. The minimum absolute atomic E-state index is 0.0951. The van der Waals surface area contributed by atoms with E-state index in [-0.39, 0.29) is 19.2 Å². The van der Waals surface area contributed by atoms with Crippen molar-refractivity contribution in [3.8, 4) is 11.5 Å².